The quantitative estimate of drug-likeness (QED) is 0.930. The van der Waals surface area contributed by atoms with Crippen molar-refractivity contribution in [3.8, 4) is 5.75 Å². The number of hydrogen-bond donors (Lipinski definition) is 1. The summed E-state index contributed by atoms with van der Waals surface area (Å²) in [7, 11) is 0. The first-order valence-electron chi connectivity index (χ1n) is 7.37. The number of halogens is 1. The van der Waals surface area contributed by atoms with E-state index in [4.69, 9.17) is 16.3 Å². The summed E-state index contributed by atoms with van der Waals surface area (Å²) in [5.41, 5.74) is 0.495. The van der Waals surface area contributed by atoms with Crippen LogP contribution in [-0.4, -0.2) is 41.7 Å². The predicted octanol–water partition coefficient (Wildman–Crippen LogP) is 2.97. The van der Waals surface area contributed by atoms with Gasteiger partial charge in [-0.3, -0.25) is 4.79 Å². The normalized spacial score (nSPS) is 18.9. The van der Waals surface area contributed by atoms with Crippen LogP contribution in [0.3, 0.4) is 0 Å². The number of carbonyl (C=O) groups excluding carboxylic acids is 1. The first-order valence-corrected chi connectivity index (χ1v) is 7.75. The fourth-order valence-corrected chi connectivity index (χ4v) is 2.77. The number of aliphatic hydroxyl groups excluding tert-OH is 1. The molecule has 2 rings (SSSR count). The molecule has 1 heterocycles. The van der Waals surface area contributed by atoms with Crippen LogP contribution in [0.2, 0.25) is 5.02 Å². The molecule has 1 atom stereocenters. The minimum absolute atomic E-state index is 0.00993. The molecule has 0 saturated carbocycles. The molecule has 5 heteroatoms. The third kappa shape index (κ3) is 4.11. The number of benzene rings is 1. The number of rotatable bonds is 4. The molecule has 1 aromatic carbocycles. The van der Waals surface area contributed by atoms with E-state index in [1.807, 2.05) is 13.8 Å². The van der Waals surface area contributed by atoms with Crippen molar-refractivity contribution in [2.45, 2.75) is 32.8 Å². The number of aliphatic hydroxyl groups is 1. The lowest BCUT2D eigenvalue weighted by atomic mass is 9.98. The van der Waals surface area contributed by atoms with Crippen LogP contribution in [0.15, 0.2) is 18.2 Å². The van der Waals surface area contributed by atoms with Gasteiger partial charge in [-0.05, 0) is 50.8 Å². The molecule has 1 fully saturated rings. The zero-order valence-electron chi connectivity index (χ0n) is 12.5. The van der Waals surface area contributed by atoms with Gasteiger partial charge in [0, 0.05) is 24.7 Å². The van der Waals surface area contributed by atoms with Crippen molar-refractivity contribution in [3.63, 3.8) is 0 Å². The maximum atomic E-state index is 12.7. The monoisotopic (exact) mass is 311 g/mol. The molecule has 1 N–H and O–H groups in total. The Hall–Kier alpha value is -1.26. The Bertz CT molecular complexity index is 504. The molecular formula is C16H22ClNO3. The van der Waals surface area contributed by atoms with E-state index in [0.29, 0.717) is 29.4 Å². The van der Waals surface area contributed by atoms with E-state index < -0.39 is 0 Å². The minimum atomic E-state index is -0.0775. The van der Waals surface area contributed by atoms with Gasteiger partial charge in [-0.15, -0.1) is 0 Å². The lowest BCUT2D eigenvalue weighted by molar-refractivity contribution is 0.0615. The highest BCUT2D eigenvalue weighted by atomic mass is 35.5. The fraction of sp³-hybridized carbons (Fsp3) is 0.562. The van der Waals surface area contributed by atoms with Gasteiger partial charge in [0.05, 0.1) is 11.7 Å². The Morgan fingerprint density at radius 2 is 2.29 bits per heavy atom. The van der Waals surface area contributed by atoms with Gasteiger partial charge in [-0.25, -0.2) is 0 Å². The number of hydrogen-bond acceptors (Lipinski definition) is 3. The summed E-state index contributed by atoms with van der Waals surface area (Å²) < 4.78 is 5.71. The second-order valence-corrected chi connectivity index (χ2v) is 6.19. The fourth-order valence-electron chi connectivity index (χ4n) is 2.59. The van der Waals surface area contributed by atoms with Gasteiger partial charge in [0.2, 0.25) is 0 Å². The topological polar surface area (TPSA) is 49.8 Å². The number of carbonyl (C=O) groups is 1. The number of amides is 1. The van der Waals surface area contributed by atoms with Gasteiger partial charge in [0.15, 0.2) is 0 Å². The number of nitrogens with zero attached hydrogens (tertiary/aromatic N) is 1. The van der Waals surface area contributed by atoms with Gasteiger partial charge in [0.1, 0.15) is 5.75 Å². The van der Waals surface area contributed by atoms with Crippen LogP contribution in [0.5, 0.6) is 5.75 Å². The Kier molecular flexibility index (Phi) is 5.48. The summed E-state index contributed by atoms with van der Waals surface area (Å²) >= 11 is 6.03. The van der Waals surface area contributed by atoms with E-state index in [1.165, 1.54) is 0 Å². The van der Waals surface area contributed by atoms with Gasteiger partial charge in [-0.1, -0.05) is 11.6 Å². The average molecular weight is 312 g/mol. The van der Waals surface area contributed by atoms with E-state index >= 15 is 0 Å². The smallest absolute Gasteiger partial charge is 0.257 e. The molecule has 1 amide bonds. The Balaban J connectivity index is 2.23. The summed E-state index contributed by atoms with van der Waals surface area (Å²) in [4.78, 5) is 14.5. The third-order valence-corrected chi connectivity index (χ3v) is 3.83. The van der Waals surface area contributed by atoms with E-state index in [9.17, 15) is 9.90 Å². The standard InChI is InChI=1S/C16H22ClNO3/c1-11(2)21-15-6-5-13(17)8-14(15)16(20)18-7-3-4-12(9-18)10-19/h5-6,8,11-12,19H,3-4,7,9-10H2,1-2H3. The lowest BCUT2D eigenvalue weighted by Crippen LogP contribution is -2.41. The molecule has 4 nitrogen and oxygen atoms in total. The summed E-state index contributed by atoms with van der Waals surface area (Å²) in [6, 6.07) is 5.12. The highest BCUT2D eigenvalue weighted by molar-refractivity contribution is 6.31. The van der Waals surface area contributed by atoms with Crippen LogP contribution in [-0.2, 0) is 0 Å². The van der Waals surface area contributed by atoms with Crippen molar-refractivity contribution in [2.24, 2.45) is 5.92 Å². The highest BCUT2D eigenvalue weighted by Crippen LogP contribution is 2.27. The summed E-state index contributed by atoms with van der Waals surface area (Å²) in [6.07, 6.45) is 1.87. The molecule has 1 unspecified atom stereocenters. The summed E-state index contributed by atoms with van der Waals surface area (Å²) in [6.45, 7) is 5.26. The maximum Gasteiger partial charge on any atom is 0.257 e. The second-order valence-electron chi connectivity index (χ2n) is 5.75. The average Bonchev–Trinajstić information content (AvgIpc) is 2.48. The van der Waals surface area contributed by atoms with Crippen molar-refractivity contribution in [1.82, 2.24) is 4.90 Å². The van der Waals surface area contributed by atoms with Crippen LogP contribution in [0, 0.1) is 5.92 Å². The van der Waals surface area contributed by atoms with Crippen LogP contribution < -0.4 is 4.74 Å². The van der Waals surface area contributed by atoms with Crippen LogP contribution >= 0.6 is 11.6 Å². The van der Waals surface area contributed by atoms with Crippen molar-refractivity contribution in [3.05, 3.63) is 28.8 Å². The summed E-state index contributed by atoms with van der Waals surface area (Å²) in [5, 5.41) is 9.81. The first-order chi connectivity index (χ1) is 10.0. The number of piperidine rings is 1. The van der Waals surface area contributed by atoms with E-state index in [0.717, 1.165) is 12.8 Å². The Morgan fingerprint density at radius 1 is 1.52 bits per heavy atom. The molecule has 0 aromatic heterocycles. The zero-order chi connectivity index (χ0) is 15.4. The van der Waals surface area contributed by atoms with Crippen LogP contribution in [0.1, 0.15) is 37.0 Å². The SMILES string of the molecule is CC(C)Oc1ccc(Cl)cc1C(=O)N1CCCC(CO)C1. The van der Waals surface area contributed by atoms with E-state index in [2.05, 4.69) is 0 Å². The second kappa shape index (κ2) is 7.14. The molecule has 0 aliphatic carbocycles. The van der Waals surface area contributed by atoms with Crippen molar-refractivity contribution in [1.29, 1.82) is 0 Å². The molecule has 1 aliphatic heterocycles. The van der Waals surface area contributed by atoms with Crippen LogP contribution in [0.25, 0.3) is 0 Å². The Labute approximate surface area is 130 Å². The third-order valence-electron chi connectivity index (χ3n) is 3.60. The van der Waals surface area contributed by atoms with Crippen molar-refractivity contribution >= 4 is 17.5 Å². The molecule has 0 radical (unpaired) electrons. The molecule has 21 heavy (non-hydrogen) atoms. The van der Waals surface area contributed by atoms with Gasteiger partial charge < -0.3 is 14.7 Å². The van der Waals surface area contributed by atoms with Gasteiger partial charge in [0.25, 0.3) is 5.91 Å². The van der Waals surface area contributed by atoms with Gasteiger partial charge >= 0.3 is 0 Å². The summed E-state index contributed by atoms with van der Waals surface area (Å²) in [5.74, 6) is 0.646. The van der Waals surface area contributed by atoms with Gasteiger partial charge in [-0.2, -0.15) is 0 Å². The number of likely N-dealkylation sites (tertiary alicyclic amines) is 1. The highest BCUT2D eigenvalue weighted by Gasteiger charge is 2.26. The Morgan fingerprint density at radius 3 is 2.95 bits per heavy atom. The molecule has 0 bridgehead atoms. The molecule has 1 aliphatic rings. The van der Waals surface area contributed by atoms with Crippen molar-refractivity contribution in [2.75, 3.05) is 19.7 Å². The lowest BCUT2D eigenvalue weighted by Gasteiger charge is -2.32. The predicted molar refractivity (Wildman–Crippen MR) is 82.9 cm³/mol. The minimum Gasteiger partial charge on any atom is -0.490 e. The van der Waals surface area contributed by atoms with Crippen molar-refractivity contribution < 1.29 is 14.6 Å². The maximum absolute atomic E-state index is 12.7. The van der Waals surface area contributed by atoms with E-state index in [-0.39, 0.29) is 24.5 Å². The molecule has 1 aromatic rings. The zero-order valence-corrected chi connectivity index (χ0v) is 13.3. The molecule has 1 saturated heterocycles. The first kappa shape index (κ1) is 16.1. The van der Waals surface area contributed by atoms with Crippen LogP contribution in [0.4, 0.5) is 0 Å². The van der Waals surface area contributed by atoms with E-state index in [1.54, 1.807) is 23.1 Å². The molecule has 0 spiro atoms. The molecule has 116 valence electrons. The molecular weight excluding hydrogens is 290 g/mol. The number of ether oxygens (including phenoxy) is 1. The largest absolute Gasteiger partial charge is 0.490 e.